The Morgan fingerprint density at radius 3 is 2.14 bits per heavy atom. The lowest BCUT2D eigenvalue weighted by atomic mass is 10.2. The molecular weight excluding hydrogens is 380 g/mol. The molecular formula is C19H20N4O4S. The number of nitrogens with one attached hydrogen (secondary N) is 1. The Hall–Kier alpha value is -3.33. The third-order valence-corrected chi connectivity index (χ3v) is 4.27. The summed E-state index contributed by atoms with van der Waals surface area (Å²) in [7, 11) is 6.30. The Kier molecular flexibility index (Phi) is 5.95. The molecule has 0 aliphatic carbocycles. The molecule has 9 heteroatoms. The van der Waals surface area contributed by atoms with Crippen molar-refractivity contribution in [2.45, 2.75) is 0 Å². The van der Waals surface area contributed by atoms with Gasteiger partial charge in [-0.05, 0) is 48.6 Å². The minimum absolute atomic E-state index is 0.370. The topological polar surface area (TPSA) is 82.9 Å². The van der Waals surface area contributed by atoms with E-state index in [1.807, 2.05) is 24.3 Å². The van der Waals surface area contributed by atoms with Crippen LogP contribution in [-0.4, -0.2) is 49.5 Å². The van der Waals surface area contributed by atoms with Crippen LogP contribution in [0.4, 0.5) is 0 Å². The quantitative estimate of drug-likeness (QED) is 0.483. The van der Waals surface area contributed by atoms with Crippen LogP contribution < -0.4 is 18.9 Å². The van der Waals surface area contributed by atoms with Gasteiger partial charge >= 0.3 is 0 Å². The van der Waals surface area contributed by atoms with Gasteiger partial charge in [0.05, 0.1) is 34.7 Å². The van der Waals surface area contributed by atoms with E-state index in [-0.39, 0.29) is 0 Å². The molecule has 0 aliphatic rings. The van der Waals surface area contributed by atoms with Crippen molar-refractivity contribution in [2.24, 2.45) is 5.10 Å². The van der Waals surface area contributed by atoms with Gasteiger partial charge in [0, 0.05) is 11.1 Å². The zero-order chi connectivity index (χ0) is 20.1. The SMILES string of the molecule is COc1ccc(-c2n[nH]c(=S)n2/N=C\c2cc(OC)c(OC)c(OC)c2)cc1. The average Bonchev–Trinajstić information content (AvgIpc) is 3.11. The number of hydrogen-bond donors (Lipinski definition) is 1. The standard InChI is InChI=1S/C19H20N4O4S/c1-24-14-7-5-13(6-8-14)18-21-22-19(28)23(18)20-11-12-9-15(25-2)17(27-4)16(10-12)26-3/h5-11H,1-4H3,(H,22,28)/b20-11-. The maximum atomic E-state index is 5.37. The third kappa shape index (κ3) is 3.84. The predicted octanol–water partition coefficient (Wildman–Crippen LogP) is 3.52. The fraction of sp³-hybridized carbons (Fsp3) is 0.211. The number of aromatic nitrogens is 3. The lowest BCUT2D eigenvalue weighted by Crippen LogP contribution is -1.98. The molecule has 0 atom stereocenters. The van der Waals surface area contributed by atoms with Gasteiger partial charge in [-0.1, -0.05) is 0 Å². The summed E-state index contributed by atoms with van der Waals surface area (Å²) >= 11 is 5.31. The minimum atomic E-state index is 0.370. The molecule has 8 nitrogen and oxygen atoms in total. The van der Waals surface area contributed by atoms with Crippen molar-refractivity contribution >= 4 is 18.4 Å². The predicted molar refractivity (Wildman–Crippen MR) is 108 cm³/mol. The smallest absolute Gasteiger partial charge is 0.216 e. The Morgan fingerprint density at radius 2 is 1.61 bits per heavy atom. The second-order valence-corrected chi connectivity index (χ2v) is 5.98. The zero-order valence-corrected chi connectivity index (χ0v) is 16.7. The Bertz CT molecular complexity index is 1020. The van der Waals surface area contributed by atoms with E-state index in [0.717, 1.165) is 16.9 Å². The first-order valence-electron chi connectivity index (χ1n) is 8.27. The van der Waals surface area contributed by atoms with Crippen LogP contribution in [0.5, 0.6) is 23.0 Å². The number of methoxy groups -OCH3 is 4. The second-order valence-electron chi connectivity index (χ2n) is 5.60. The summed E-state index contributed by atoms with van der Waals surface area (Å²) in [5.74, 6) is 2.92. The highest BCUT2D eigenvalue weighted by molar-refractivity contribution is 7.71. The molecule has 0 aliphatic heterocycles. The first kappa shape index (κ1) is 19.4. The average molecular weight is 400 g/mol. The van der Waals surface area contributed by atoms with Crippen molar-refractivity contribution < 1.29 is 18.9 Å². The molecule has 0 radical (unpaired) electrons. The van der Waals surface area contributed by atoms with Gasteiger partial charge in [-0.3, -0.25) is 0 Å². The van der Waals surface area contributed by atoms with E-state index in [0.29, 0.717) is 27.8 Å². The summed E-state index contributed by atoms with van der Waals surface area (Å²) < 4.78 is 23.2. The Labute approximate surface area is 167 Å². The fourth-order valence-electron chi connectivity index (χ4n) is 2.63. The van der Waals surface area contributed by atoms with Crippen LogP contribution in [0.25, 0.3) is 11.4 Å². The van der Waals surface area contributed by atoms with E-state index in [1.165, 1.54) is 0 Å². The lowest BCUT2D eigenvalue weighted by molar-refractivity contribution is 0.324. The van der Waals surface area contributed by atoms with Crippen LogP contribution in [0.15, 0.2) is 41.5 Å². The highest BCUT2D eigenvalue weighted by atomic mass is 32.1. The van der Waals surface area contributed by atoms with E-state index in [4.69, 9.17) is 31.2 Å². The number of benzene rings is 2. The van der Waals surface area contributed by atoms with Crippen LogP contribution in [0.1, 0.15) is 5.56 Å². The molecule has 1 aromatic heterocycles. The number of rotatable bonds is 7. The molecule has 0 bridgehead atoms. The number of H-pyrrole nitrogens is 1. The molecule has 0 saturated heterocycles. The Morgan fingerprint density at radius 1 is 0.964 bits per heavy atom. The molecule has 28 heavy (non-hydrogen) atoms. The highest BCUT2D eigenvalue weighted by Crippen LogP contribution is 2.37. The van der Waals surface area contributed by atoms with E-state index in [2.05, 4.69) is 15.3 Å². The molecule has 2 aromatic carbocycles. The number of ether oxygens (including phenoxy) is 4. The van der Waals surface area contributed by atoms with Crippen LogP contribution in [-0.2, 0) is 0 Å². The van der Waals surface area contributed by atoms with E-state index in [9.17, 15) is 0 Å². The summed E-state index contributed by atoms with van der Waals surface area (Å²) in [6.45, 7) is 0. The van der Waals surface area contributed by atoms with E-state index in [1.54, 1.807) is 51.5 Å². The molecule has 0 fully saturated rings. The number of nitrogens with zero attached hydrogens (tertiary/aromatic N) is 3. The fourth-order valence-corrected chi connectivity index (χ4v) is 2.81. The van der Waals surface area contributed by atoms with Crippen molar-refractivity contribution in [3.8, 4) is 34.4 Å². The van der Waals surface area contributed by atoms with Crippen LogP contribution in [0.3, 0.4) is 0 Å². The largest absolute Gasteiger partial charge is 0.497 e. The first-order valence-corrected chi connectivity index (χ1v) is 8.68. The Balaban J connectivity index is 1.99. The molecule has 146 valence electrons. The van der Waals surface area contributed by atoms with Crippen LogP contribution >= 0.6 is 12.2 Å². The summed E-state index contributed by atoms with van der Waals surface area (Å²) in [5.41, 5.74) is 1.59. The molecule has 1 N–H and O–H groups in total. The maximum absolute atomic E-state index is 5.37. The van der Waals surface area contributed by atoms with Gasteiger partial charge < -0.3 is 18.9 Å². The van der Waals surface area contributed by atoms with Crippen molar-refractivity contribution in [3.05, 3.63) is 46.7 Å². The normalized spacial score (nSPS) is 10.9. The summed E-state index contributed by atoms with van der Waals surface area (Å²) in [4.78, 5) is 0. The van der Waals surface area contributed by atoms with Crippen LogP contribution in [0.2, 0.25) is 0 Å². The molecule has 0 saturated carbocycles. The third-order valence-electron chi connectivity index (χ3n) is 4.01. The van der Waals surface area contributed by atoms with Crippen molar-refractivity contribution in [2.75, 3.05) is 28.4 Å². The minimum Gasteiger partial charge on any atom is -0.497 e. The van der Waals surface area contributed by atoms with Gasteiger partial charge in [-0.2, -0.15) is 14.9 Å². The summed E-state index contributed by atoms with van der Waals surface area (Å²) in [6.07, 6.45) is 1.64. The lowest BCUT2D eigenvalue weighted by Gasteiger charge is -2.12. The first-order chi connectivity index (χ1) is 13.6. The van der Waals surface area contributed by atoms with Gasteiger partial charge in [0.15, 0.2) is 17.3 Å². The highest BCUT2D eigenvalue weighted by Gasteiger charge is 2.13. The van der Waals surface area contributed by atoms with Gasteiger partial charge in [0.2, 0.25) is 10.5 Å². The van der Waals surface area contributed by atoms with Crippen LogP contribution in [0, 0.1) is 4.77 Å². The van der Waals surface area contributed by atoms with Gasteiger partial charge in [-0.25, -0.2) is 5.10 Å². The van der Waals surface area contributed by atoms with Crippen molar-refractivity contribution in [3.63, 3.8) is 0 Å². The molecule has 0 amide bonds. The number of aromatic amines is 1. The molecule has 0 unspecified atom stereocenters. The molecule has 1 heterocycles. The van der Waals surface area contributed by atoms with Crippen molar-refractivity contribution in [1.29, 1.82) is 0 Å². The molecule has 0 spiro atoms. The summed E-state index contributed by atoms with van der Waals surface area (Å²) in [6, 6.07) is 11.0. The monoisotopic (exact) mass is 400 g/mol. The molecule has 3 aromatic rings. The maximum Gasteiger partial charge on any atom is 0.216 e. The zero-order valence-electron chi connectivity index (χ0n) is 15.9. The molecule has 3 rings (SSSR count). The second kappa shape index (κ2) is 8.57. The van der Waals surface area contributed by atoms with Crippen molar-refractivity contribution in [1.82, 2.24) is 14.9 Å². The van der Waals surface area contributed by atoms with E-state index >= 15 is 0 Å². The van der Waals surface area contributed by atoms with Gasteiger partial charge in [-0.15, -0.1) is 0 Å². The van der Waals surface area contributed by atoms with Gasteiger partial charge in [0.25, 0.3) is 0 Å². The summed E-state index contributed by atoms with van der Waals surface area (Å²) in [5, 5.41) is 11.5. The number of hydrogen-bond acceptors (Lipinski definition) is 7. The van der Waals surface area contributed by atoms with Gasteiger partial charge in [0.1, 0.15) is 5.75 Å². The van der Waals surface area contributed by atoms with E-state index < -0.39 is 0 Å².